The van der Waals surface area contributed by atoms with E-state index in [4.69, 9.17) is 34.8 Å². The van der Waals surface area contributed by atoms with Crippen LogP contribution in [-0.2, 0) is 23.0 Å². The van der Waals surface area contributed by atoms with Crippen molar-refractivity contribution in [2.45, 2.75) is 17.9 Å². The van der Waals surface area contributed by atoms with Gasteiger partial charge in [0.2, 0.25) is 10.0 Å². The minimum absolute atomic E-state index is 0.00128. The molecule has 0 atom stereocenters. The Balaban J connectivity index is 1.63. The number of amides is 1. The van der Waals surface area contributed by atoms with Gasteiger partial charge in [0.05, 0.1) is 26.2 Å². The van der Waals surface area contributed by atoms with Crippen LogP contribution in [0.15, 0.2) is 65.6 Å². The van der Waals surface area contributed by atoms with Crippen LogP contribution in [0, 0.1) is 0 Å². The Morgan fingerprint density at radius 1 is 0.903 bits per heavy atom. The lowest BCUT2D eigenvalue weighted by Crippen LogP contribution is -2.36. The van der Waals surface area contributed by atoms with Crippen molar-refractivity contribution >= 4 is 56.4 Å². The molecule has 160 valence electrons. The number of carbonyl (C=O) groups is 1. The Hall–Kier alpha value is -2.09. The summed E-state index contributed by atoms with van der Waals surface area (Å²) in [5, 5.41) is 3.45. The van der Waals surface area contributed by atoms with Gasteiger partial charge in [0, 0.05) is 18.1 Å². The molecule has 5 nitrogen and oxygen atoms in total. The molecule has 0 aromatic heterocycles. The van der Waals surface area contributed by atoms with Crippen molar-refractivity contribution in [1.82, 2.24) is 4.31 Å². The van der Waals surface area contributed by atoms with E-state index in [1.54, 1.807) is 12.1 Å². The molecule has 3 aromatic rings. The third-order valence-corrected chi connectivity index (χ3v) is 7.83. The number of rotatable bonds is 4. The van der Waals surface area contributed by atoms with Gasteiger partial charge in [-0.1, -0.05) is 59.1 Å². The van der Waals surface area contributed by atoms with Crippen molar-refractivity contribution in [1.29, 1.82) is 0 Å². The predicted octanol–water partition coefficient (Wildman–Crippen LogP) is 5.65. The summed E-state index contributed by atoms with van der Waals surface area (Å²) < 4.78 is 27.9. The van der Waals surface area contributed by atoms with Crippen LogP contribution < -0.4 is 5.32 Å². The van der Waals surface area contributed by atoms with Crippen LogP contribution in [0.5, 0.6) is 0 Å². The second-order valence-corrected chi connectivity index (χ2v) is 10.3. The summed E-state index contributed by atoms with van der Waals surface area (Å²) in [5.74, 6) is -0.588. The molecule has 1 amide bonds. The zero-order valence-electron chi connectivity index (χ0n) is 16.1. The molecule has 0 fully saturated rings. The molecule has 0 bridgehead atoms. The van der Waals surface area contributed by atoms with E-state index in [9.17, 15) is 13.2 Å². The normalized spacial score (nSPS) is 14.2. The standard InChI is InChI=1S/C22H17Cl3N2O3S/c23-16-5-7-20(25)21(11-16)26-22(28)18-12-17(6-8-19(18)24)31(29,30)27-10-9-14-3-1-2-4-15(14)13-27/h1-8,11-12H,9-10,13H2,(H,26,28). The summed E-state index contributed by atoms with van der Waals surface area (Å²) in [6.07, 6.45) is 0.629. The first-order valence-corrected chi connectivity index (χ1v) is 12.0. The first-order valence-electron chi connectivity index (χ1n) is 9.38. The quantitative estimate of drug-likeness (QED) is 0.509. The SMILES string of the molecule is O=C(Nc1cc(Cl)ccc1Cl)c1cc(S(=O)(=O)N2CCc3ccccc3C2)ccc1Cl. The molecule has 1 aliphatic rings. The van der Waals surface area contributed by atoms with Crippen LogP contribution >= 0.6 is 34.8 Å². The topological polar surface area (TPSA) is 66.5 Å². The van der Waals surface area contributed by atoms with Gasteiger partial charge in [-0.05, 0) is 53.9 Å². The van der Waals surface area contributed by atoms with Gasteiger partial charge in [0.15, 0.2) is 0 Å². The zero-order chi connectivity index (χ0) is 22.2. The molecular weight excluding hydrogens is 479 g/mol. The van der Waals surface area contributed by atoms with Crippen LogP contribution in [-0.4, -0.2) is 25.2 Å². The molecule has 0 saturated heterocycles. The highest BCUT2D eigenvalue weighted by Crippen LogP contribution is 2.29. The molecule has 31 heavy (non-hydrogen) atoms. The predicted molar refractivity (Wildman–Crippen MR) is 124 cm³/mol. The molecule has 3 aromatic carbocycles. The summed E-state index contributed by atoms with van der Waals surface area (Å²) in [6, 6.07) is 16.5. The van der Waals surface area contributed by atoms with Gasteiger partial charge in [-0.2, -0.15) is 4.31 Å². The average Bonchev–Trinajstić information content (AvgIpc) is 2.76. The molecule has 9 heteroatoms. The van der Waals surface area contributed by atoms with E-state index < -0.39 is 15.9 Å². The van der Waals surface area contributed by atoms with E-state index in [2.05, 4.69) is 5.32 Å². The second kappa shape index (κ2) is 8.81. The Labute approximate surface area is 195 Å². The Morgan fingerprint density at radius 2 is 1.61 bits per heavy atom. The number of anilines is 1. The van der Waals surface area contributed by atoms with Gasteiger partial charge < -0.3 is 5.32 Å². The number of halogens is 3. The fourth-order valence-electron chi connectivity index (χ4n) is 3.45. The fraction of sp³-hybridized carbons (Fsp3) is 0.136. The highest BCUT2D eigenvalue weighted by molar-refractivity contribution is 7.89. The van der Waals surface area contributed by atoms with Crippen LogP contribution in [0.4, 0.5) is 5.69 Å². The number of nitrogens with zero attached hydrogens (tertiary/aromatic N) is 1. The highest BCUT2D eigenvalue weighted by atomic mass is 35.5. The maximum Gasteiger partial charge on any atom is 0.257 e. The van der Waals surface area contributed by atoms with Crippen molar-refractivity contribution in [3.63, 3.8) is 0 Å². The number of hydrogen-bond acceptors (Lipinski definition) is 3. The number of carbonyl (C=O) groups excluding carboxylic acids is 1. The molecule has 0 saturated carbocycles. The Kier molecular flexibility index (Phi) is 6.28. The number of sulfonamides is 1. The minimum Gasteiger partial charge on any atom is -0.321 e. The van der Waals surface area contributed by atoms with Crippen molar-refractivity contribution in [3.05, 3.63) is 92.4 Å². The lowest BCUT2D eigenvalue weighted by atomic mass is 10.0. The van der Waals surface area contributed by atoms with Gasteiger partial charge in [0.1, 0.15) is 0 Å². The summed E-state index contributed by atoms with van der Waals surface area (Å²) in [6.45, 7) is 0.641. The van der Waals surface area contributed by atoms with E-state index in [0.29, 0.717) is 28.7 Å². The van der Waals surface area contributed by atoms with Crippen LogP contribution in [0.3, 0.4) is 0 Å². The van der Waals surface area contributed by atoms with Crippen molar-refractivity contribution in [2.24, 2.45) is 0 Å². The average molecular weight is 496 g/mol. The molecule has 0 unspecified atom stereocenters. The molecular formula is C22H17Cl3N2O3S. The van der Waals surface area contributed by atoms with Crippen molar-refractivity contribution < 1.29 is 13.2 Å². The molecule has 1 N–H and O–H groups in total. The number of fused-ring (bicyclic) bond motifs is 1. The monoisotopic (exact) mass is 494 g/mol. The van der Waals surface area contributed by atoms with Gasteiger partial charge in [-0.15, -0.1) is 0 Å². The lowest BCUT2D eigenvalue weighted by molar-refractivity contribution is 0.102. The maximum absolute atomic E-state index is 13.3. The first kappa shape index (κ1) is 22.1. The van der Waals surface area contributed by atoms with Crippen LogP contribution in [0.25, 0.3) is 0 Å². The lowest BCUT2D eigenvalue weighted by Gasteiger charge is -2.28. The van der Waals surface area contributed by atoms with E-state index in [0.717, 1.165) is 11.1 Å². The van der Waals surface area contributed by atoms with Crippen molar-refractivity contribution in [2.75, 3.05) is 11.9 Å². The third-order valence-electron chi connectivity index (χ3n) is 5.09. The van der Waals surface area contributed by atoms with Crippen molar-refractivity contribution in [3.8, 4) is 0 Å². The molecule has 0 radical (unpaired) electrons. The van der Waals surface area contributed by atoms with E-state index in [-0.39, 0.29) is 22.0 Å². The zero-order valence-corrected chi connectivity index (χ0v) is 19.2. The largest absolute Gasteiger partial charge is 0.321 e. The van der Waals surface area contributed by atoms with Gasteiger partial charge in [0.25, 0.3) is 5.91 Å². The van der Waals surface area contributed by atoms with Gasteiger partial charge >= 0.3 is 0 Å². The molecule has 1 aliphatic heterocycles. The summed E-state index contributed by atoms with van der Waals surface area (Å²) >= 11 is 18.3. The number of hydrogen-bond donors (Lipinski definition) is 1. The number of nitrogens with one attached hydrogen (secondary N) is 1. The summed E-state index contributed by atoms with van der Waals surface area (Å²) in [4.78, 5) is 12.8. The van der Waals surface area contributed by atoms with Crippen LogP contribution in [0.1, 0.15) is 21.5 Å². The van der Waals surface area contributed by atoms with E-state index in [1.165, 1.54) is 28.6 Å². The second-order valence-electron chi connectivity index (χ2n) is 7.08. The third kappa shape index (κ3) is 4.59. The van der Waals surface area contributed by atoms with E-state index in [1.807, 2.05) is 24.3 Å². The summed E-state index contributed by atoms with van der Waals surface area (Å²) in [7, 11) is -3.82. The molecule has 4 rings (SSSR count). The van der Waals surface area contributed by atoms with Gasteiger partial charge in [-0.25, -0.2) is 8.42 Å². The highest BCUT2D eigenvalue weighted by Gasteiger charge is 2.29. The van der Waals surface area contributed by atoms with E-state index >= 15 is 0 Å². The maximum atomic E-state index is 13.3. The Morgan fingerprint density at radius 3 is 2.39 bits per heavy atom. The first-order chi connectivity index (χ1) is 14.8. The van der Waals surface area contributed by atoms with Gasteiger partial charge in [-0.3, -0.25) is 4.79 Å². The number of benzene rings is 3. The molecule has 0 aliphatic carbocycles. The smallest absolute Gasteiger partial charge is 0.257 e. The Bertz CT molecular complexity index is 1280. The molecule has 0 spiro atoms. The summed E-state index contributed by atoms with van der Waals surface area (Å²) in [5.41, 5.74) is 2.44. The fourth-order valence-corrected chi connectivity index (χ4v) is 5.43. The van der Waals surface area contributed by atoms with Crippen LogP contribution in [0.2, 0.25) is 15.1 Å². The molecule has 1 heterocycles. The minimum atomic E-state index is -3.82.